The monoisotopic (exact) mass is 301 g/mol. The summed E-state index contributed by atoms with van der Waals surface area (Å²) in [5, 5.41) is 3.44. The van der Waals surface area contributed by atoms with E-state index in [0.29, 0.717) is 0 Å². The fourth-order valence-corrected chi connectivity index (χ4v) is 1.72. The molecule has 0 aliphatic heterocycles. The highest BCUT2D eigenvalue weighted by Gasteiger charge is 2.11. The Balaban J connectivity index is 2.76. The zero-order chi connectivity index (χ0) is 12.9. The Hall–Kier alpha value is -0.580. The summed E-state index contributed by atoms with van der Waals surface area (Å²) in [6.45, 7) is 7.45. The second-order valence-electron chi connectivity index (χ2n) is 4.91. The molecule has 0 bridgehead atoms. The summed E-state index contributed by atoms with van der Waals surface area (Å²) in [7, 11) is 1.62. The number of hydrogen-bond donors (Lipinski definition) is 1. The molecule has 96 valence electrons. The summed E-state index contributed by atoms with van der Waals surface area (Å²) in [6.07, 6.45) is 0. The van der Waals surface area contributed by atoms with E-state index in [2.05, 4.69) is 48.1 Å². The summed E-state index contributed by atoms with van der Waals surface area (Å²) in [6, 6.07) is 5.97. The van der Waals surface area contributed by atoms with E-state index in [1.165, 1.54) is 0 Å². The van der Waals surface area contributed by atoms with Crippen LogP contribution in [0.25, 0.3) is 0 Å². The van der Waals surface area contributed by atoms with Crippen molar-refractivity contribution in [3.8, 4) is 5.75 Å². The third-order valence-electron chi connectivity index (χ3n) is 2.16. The SMILES string of the molecule is COCOc1ccc(Br)cc1CNC(C)(C)C. The molecule has 3 nitrogen and oxygen atoms in total. The van der Waals surface area contributed by atoms with Crippen molar-refractivity contribution in [3.63, 3.8) is 0 Å². The predicted octanol–water partition coefficient (Wildman–Crippen LogP) is 3.32. The van der Waals surface area contributed by atoms with Gasteiger partial charge in [0, 0.05) is 29.2 Å². The molecule has 0 radical (unpaired) electrons. The number of nitrogens with one attached hydrogen (secondary N) is 1. The van der Waals surface area contributed by atoms with Crippen LogP contribution >= 0.6 is 15.9 Å². The van der Waals surface area contributed by atoms with Crippen LogP contribution in [-0.4, -0.2) is 19.4 Å². The van der Waals surface area contributed by atoms with Crippen LogP contribution in [0.4, 0.5) is 0 Å². The molecule has 0 amide bonds. The molecule has 0 unspecified atom stereocenters. The molecule has 17 heavy (non-hydrogen) atoms. The zero-order valence-electron chi connectivity index (χ0n) is 10.8. The van der Waals surface area contributed by atoms with Crippen molar-refractivity contribution in [3.05, 3.63) is 28.2 Å². The highest BCUT2D eigenvalue weighted by atomic mass is 79.9. The second-order valence-corrected chi connectivity index (χ2v) is 5.82. The van der Waals surface area contributed by atoms with Crippen molar-refractivity contribution in [1.82, 2.24) is 5.32 Å². The van der Waals surface area contributed by atoms with Crippen molar-refractivity contribution >= 4 is 15.9 Å². The third kappa shape index (κ3) is 5.52. The average Bonchev–Trinajstić information content (AvgIpc) is 2.24. The molecular formula is C13H20BrNO2. The summed E-state index contributed by atoms with van der Waals surface area (Å²) < 4.78 is 11.5. The van der Waals surface area contributed by atoms with E-state index < -0.39 is 0 Å². The Labute approximate surface area is 112 Å². The van der Waals surface area contributed by atoms with Crippen LogP contribution in [0, 0.1) is 0 Å². The lowest BCUT2D eigenvalue weighted by molar-refractivity contribution is 0.0503. The minimum Gasteiger partial charge on any atom is -0.467 e. The Morgan fingerprint density at radius 1 is 1.29 bits per heavy atom. The topological polar surface area (TPSA) is 30.5 Å². The van der Waals surface area contributed by atoms with Crippen molar-refractivity contribution in [2.45, 2.75) is 32.9 Å². The van der Waals surface area contributed by atoms with Crippen molar-refractivity contribution < 1.29 is 9.47 Å². The molecular weight excluding hydrogens is 282 g/mol. The number of ether oxygens (including phenoxy) is 2. The Bertz CT molecular complexity index is 361. The molecule has 1 aromatic rings. The van der Waals surface area contributed by atoms with E-state index in [1.54, 1.807) is 7.11 Å². The summed E-state index contributed by atoms with van der Waals surface area (Å²) in [4.78, 5) is 0. The van der Waals surface area contributed by atoms with E-state index in [1.807, 2.05) is 12.1 Å². The first-order chi connectivity index (χ1) is 7.92. The fraction of sp³-hybridized carbons (Fsp3) is 0.538. The number of rotatable bonds is 5. The van der Waals surface area contributed by atoms with Crippen LogP contribution in [0.5, 0.6) is 5.75 Å². The molecule has 0 fully saturated rings. The van der Waals surface area contributed by atoms with Crippen LogP contribution in [-0.2, 0) is 11.3 Å². The zero-order valence-corrected chi connectivity index (χ0v) is 12.4. The van der Waals surface area contributed by atoms with Gasteiger partial charge in [-0.15, -0.1) is 0 Å². The molecule has 1 aromatic carbocycles. The lowest BCUT2D eigenvalue weighted by Gasteiger charge is -2.21. The van der Waals surface area contributed by atoms with Gasteiger partial charge in [0.05, 0.1) is 0 Å². The average molecular weight is 302 g/mol. The Kier molecular flexibility index (Phi) is 5.43. The molecule has 0 saturated heterocycles. The smallest absolute Gasteiger partial charge is 0.188 e. The van der Waals surface area contributed by atoms with Crippen LogP contribution in [0.3, 0.4) is 0 Å². The largest absolute Gasteiger partial charge is 0.467 e. The highest BCUT2D eigenvalue weighted by Crippen LogP contribution is 2.23. The number of hydrogen-bond acceptors (Lipinski definition) is 3. The van der Waals surface area contributed by atoms with Gasteiger partial charge in [-0.05, 0) is 39.0 Å². The number of methoxy groups -OCH3 is 1. The highest BCUT2D eigenvalue weighted by molar-refractivity contribution is 9.10. The first-order valence-electron chi connectivity index (χ1n) is 5.57. The van der Waals surface area contributed by atoms with Gasteiger partial charge in [0.2, 0.25) is 0 Å². The van der Waals surface area contributed by atoms with E-state index >= 15 is 0 Å². The summed E-state index contributed by atoms with van der Waals surface area (Å²) in [5.41, 5.74) is 1.20. The number of benzene rings is 1. The molecule has 1 rings (SSSR count). The quantitative estimate of drug-likeness (QED) is 0.846. The van der Waals surface area contributed by atoms with Crippen molar-refractivity contribution in [2.75, 3.05) is 13.9 Å². The van der Waals surface area contributed by atoms with Gasteiger partial charge in [-0.25, -0.2) is 0 Å². The third-order valence-corrected chi connectivity index (χ3v) is 2.66. The Morgan fingerprint density at radius 2 is 2.00 bits per heavy atom. The molecule has 4 heteroatoms. The lowest BCUT2D eigenvalue weighted by atomic mass is 10.1. The van der Waals surface area contributed by atoms with Crippen LogP contribution < -0.4 is 10.1 Å². The van der Waals surface area contributed by atoms with Gasteiger partial charge in [0.15, 0.2) is 6.79 Å². The maximum Gasteiger partial charge on any atom is 0.188 e. The van der Waals surface area contributed by atoms with Gasteiger partial charge in [-0.1, -0.05) is 15.9 Å². The normalized spacial score (nSPS) is 11.6. The molecule has 0 spiro atoms. The lowest BCUT2D eigenvalue weighted by Crippen LogP contribution is -2.35. The maximum atomic E-state index is 5.52. The van der Waals surface area contributed by atoms with Gasteiger partial charge in [-0.3, -0.25) is 0 Å². The first-order valence-corrected chi connectivity index (χ1v) is 6.37. The van der Waals surface area contributed by atoms with Crippen molar-refractivity contribution in [2.24, 2.45) is 0 Å². The van der Waals surface area contributed by atoms with Gasteiger partial charge >= 0.3 is 0 Å². The van der Waals surface area contributed by atoms with E-state index in [4.69, 9.17) is 9.47 Å². The fourth-order valence-electron chi connectivity index (χ4n) is 1.31. The van der Waals surface area contributed by atoms with E-state index in [9.17, 15) is 0 Å². The molecule has 0 aromatic heterocycles. The predicted molar refractivity (Wildman–Crippen MR) is 73.2 cm³/mol. The molecule has 0 heterocycles. The van der Waals surface area contributed by atoms with Gasteiger partial charge in [-0.2, -0.15) is 0 Å². The first kappa shape index (κ1) is 14.5. The van der Waals surface area contributed by atoms with E-state index in [-0.39, 0.29) is 12.3 Å². The minimum atomic E-state index is 0.0842. The Morgan fingerprint density at radius 3 is 2.59 bits per heavy atom. The van der Waals surface area contributed by atoms with Gasteiger partial charge in [0.1, 0.15) is 5.75 Å². The maximum absolute atomic E-state index is 5.52. The summed E-state index contributed by atoms with van der Waals surface area (Å²) in [5.74, 6) is 0.854. The van der Waals surface area contributed by atoms with Crippen LogP contribution in [0.1, 0.15) is 26.3 Å². The second kappa shape index (κ2) is 6.38. The van der Waals surface area contributed by atoms with Gasteiger partial charge in [0.25, 0.3) is 0 Å². The van der Waals surface area contributed by atoms with E-state index in [0.717, 1.165) is 22.3 Å². The molecule has 0 saturated carbocycles. The molecule has 0 atom stereocenters. The van der Waals surface area contributed by atoms with Crippen LogP contribution in [0.15, 0.2) is 22.7 Å². The van der Waals surface area contributed by atoms with Crippen LogP contribution in [0.2, 0.25) is 0 Å². The molecule has 1 N–H and O–H groups in total. The molecule has 0 aliphatic carbocycles. The minimum absolute atomic E-state index is 0.0842. The molecule has 0 aliphatic rings. The summed E-state index contributed by atoms with van der Waals surface area (Å²) >= 11 is 3.47. The number of halogens is 1. The van der Waals surface area contributed by atoms with Gasteiger partial charge < -0.3 is 14.8 Å². The van der Waals surface area contributed by atoms with Crippen molar-refractivity contribution in [1.29, 1.82) is 0 Å². The standard InChI is InChI=1S/C13H20BrNO2/c1-13(2,3)15-8-10-7-11(14)5-6-12(10)17-9-16-4/h5-7,15H,8-9H2,1-4H3.